The van der Waals surface area contributed by atoms with Gasteiger partial charge in [-0.2, -0.15) is 0 Å². The van der Waals surface area contributed by atoms with Gasteiger partial charge in [-0.3, -0.25) is 0 Å². The third-order valence-corrected chi connectivity index (χ3v) is 11.6. The average Bonchev–Trinajstić information content (AvgIpc) is 2.45. The molecule has 0 amide bonds. The van der Waals surface area contributed by atoms with Crippen molar-refractivity contribution in [3.05, 3.63) is 23.5 Å². The van der Waals surface area contributed by atoms with Crippen molar-refractivity contribution < 1.29 is 18.3 Å². The zero-order valence-corrected chi connectivity index (χ0v) is 21.1. The van der Waals surface area contributed by atoms with Crippen molar-refractivity contribution in [2.24, 2.45) is 0 Å². The maximum atomic E-state index is 12.8. The Balaban J connectivity index is 3.52. The summed E-state index contributed by atoms with van der Waals surface area (Å²) in [5, 5.41) is 9.29. The summed E-state index contributed by atoms with van der Waals surface area (Å²) in [6.45, 7) is 4.93. The monoisotopic (exact) mass is 645 g/mol. The Bertz CT molecular complexity index is 765. The van der Waals surface area contributed by atoms with Gasteiger partial charge in [-0.1, -0.05) is 12.2 Å². The lowest BCUT2D eigenvalue weighted by molar-refractivity contribution is 0.0694. The summed E-state index contributed by atoms with van der Waals surface area (Å²) in [6.07, 6.45) is 0. The second-order valence-electron chi connectivity index (χ2n) is 4.24. The Morgan fingerprint density at radius 1 is 1.08 bits per heavy atom. The maximum Gasteiger partial charge on any atom is 0.338 e. The van der Waals surface area contributed by atoms with Crippen LogP contribution >= 0.6 is 86.7 Å². The van der Waals surface area contributed by atoms with E-state index in [0.29, 0.717) is 23.9 Å². The second-order valence-corrected chi connectivity index (χ2v) is 11.7. The molecule has 0 aliphatic carbocycles. The molecule has 0 heterocycles. The van der Waals surface area contributed by atoms with Gasteiger partial charge in [0.05, 0.1) is 14.5 Å². The molecule has 0 aromatic heterocycles. The quantitative estimate of drug-likeness (QED) is 0.258. The van der Waals surface area contributed by atoms with Gasteiger partial charge in [-0.25, -0.2) is 13.2 Å². The topological polar surface area (TPSA) is 74.7 Å². The number of thiocarbonyl (C=S) groups is 1. The van der Waals surface area contributed by atoms with E-state index in [1.165, 1.54) is 0 Å². The molecule has 12 heteroatoms. The predicted octanol–water partition coefficient (Wildman–Crippen LogP) is 5.48. The van der Waals surface area contributed by atoms with E-state index in [4.69, 9.17) is 12.2 Å². The van der Waals surface area contributed by atoms with Crippen LogP contribution in [0.15, 0.2) is 22.8 Å². The Hall–Kier alpha value is 0.800. The van der Waals surface area contributed by atoms with Gasteiger partial charge in [0.1, 0.15) is 4.90 Å². The third-order valence-electron chi connectivity index (χ3n) is 2.89. The number of aromatic carboxylic acids is 1. The molecule has 0 unspecified atom stereocenters. The van der Waals surface area contributed by atoms with E-state index >= 15 is 0 Å². The van der Waals surface area contributed by atoms with Gasteiger partial charge in [0.25, 0.3) is 0 Å². The molecule has 1 aromatic carbocycles. The smallest absolute Gasteiger partial charge is 0.338 e. The van der Waals surface area contributed by atoms with Crippen LogP contribution in [-0.2, 0) is 8.87 Å². The highest BCUT2D eigenvalue weighted by atomic mass is 79.9. The molecule has 0 atom stereocenters. The molecule has 0 spiro atoms. The molecule has 0 aliphatic rings. The zero-order valence-electron chi connectivity index (χ0n) is 12.3. The number of carboxylic acid groups (broad SMARTS) is 1. The van der Waals surface area contributed by atoms with Crippen molar-refractivity contribution in [3.63, 3.8) is 0 Å². The molecule has 0 saturated carbocycles. The SMILES string of the molecule is CCN(CC)C(=S)SS(=O)(=O)c1c(Br)c(Br)c(C(=O)O)c(Br)c1Br. The minimum Gasteiger partial charge on any atom is -0.478 e. The Labute approximate surface area is 182 Å². The Morgan fingerprint density at radius 3 is 1.83 bits per heavy atom. The summed E-state index contributed by atoms with van der Waals surface area (Å²) in [6, 6.07) is 0. The van der Waals surface area contributed by atoms with E-state index < -0.39 is 14.8 Å². The molecule has 5 nitrogen and oxygen atoms in total. The highest BCUT2D eigenvalue weighted by molar-refractivity contribution is 9.14. The standard InChI is InChI=1S/C12H11Br4NO4S3/c1-3-17(4-2)12(22)23-24(20,21)10-8(15)6(13)5(11(18)19)7(14)9(10)16/h3-4H2,1-2H3,(H,18,19). The fraction of sp³-hybridized carbons (Fsp3) is 0.333. The van der Waals surface area contributed by atoms with E-state index in [0.717, 1.165) is 0 Å². The van der Waals surface area contributed by atoms with E-state index in [2.05, 4.69) is 63.7 Å². The summed E-state index contributed by atoms with van der Waals surface area (Å²) in [4.78, 5) is 13.0. The summed E-state index contributed by atoms with van der Waals surface area (Å²) in [5.41, 5.74) is -0.0935. The predicted molar refractivity (Wildman–Crippen MR) is 114 cm³/mol. The van der Waals surface area contributed by atoms with Gasteiger partial charge in [0.15, 0.2) is 4.32 Å². The van der Waals surface area contributed by atoms with Crippen LogP contribution in [-0.4, -0.2) is 41.8 Å². The van der Waals surface area contributed by atoms with Crippen LogP contribution in [0.1, 0.15) is 24.2 Å². The van der Waals surface area contributed by atoms with Gasteiger partial charge < -0.3 is 10.0 Å². The minimum absolute atomic E-state index is 0.0919. The van der Waals surface area contributed by atoms with Crippen molar-refractivity contribution >= 4 is 106 Å². The molecule has 0 bridgehead atoms. The lowest BCUT2D eigenvalue weighted by Crippen LogP contribution is -2.27. The molecule has 1 N–H and O–H groups in total. The summed E-state index contributed by atoms with van der Waals surface area (Å²) in [5.74, 6) is -1.20. The van der Waals surface area contributed by atoms with Gasteiger partial charge >= 0.3 is 5.97 Å². The number of benzene rings is 1. The molecular formula is C12H11Br4NO4S3. The number of hydrogen-bond acceptors (Lipinski definition) is 5. The molecule has 1 rings (SSSR count). The summed E-state index contributed by atoms with van der Waals surface area (Å²) >= 11 is 17.8. The second kappa shape index (κ2) is 9.14. The van der Waals surface area contributed by atoms with Crippen molar-refractivity contribution in [3.8, 4) is 0 Å². The van der Waals surface area contributed by atoms with Crippen molar-refractivity contribution in [2.45, 2.75) is 18.7 Å². The molecule has 1 aromatic rings. The third kappa shape index (κ3) is 4.74. The number of halogens is 4. The molecule has 0 aliphatic heterocycles. The van der Waals surface area contributed by atoms with Crippen molar-refractivity contribution in [1.82, 2.24) is 4.90 Å². The number of nitrogens with zero attached hydrogens (tertiary/aromatic N) is 1. The van der Waals surface area contributed by atoms with Gasteiger partial charge in [0, 0.05) is 32.8 Å². The van der Waals surface area contributed by atoms with E-state index in [1.807, 2.05) is 13.8 Å². The largest absolute Gasteiger partial charge is 0.478 e. The van der Waals surface area contributed by atoms with Crippen molar-refractivity contribution in [2.75, 3.05) is 13.1 Å². The van der Waals surface area contributed by atoms with Crippen LogP contribution in [0.3, 0.4) is 0 Å². The summed E-state index contributed by atoms with van der Waals surface area (Å²) < 4.78 is 26.3. The van der Waals surface area contributed by atoms with Crippen LogP contribution in [0.2, 0.25) is 0 Å². The minimum atomic E-state index is -3.89. The van der Waals surface area contributed by atoms with Crippen LogP contribution < -0.4 is 0 Å². The first-order chi connectivity index (χ1) is 11.0. The van der Waals surface area contributed by atoms with E-state index in [1.54, 1.807) is 4.90 Å². The first kappa shape index (κ1) is 22.8. The Morgan fingerprint density at radius 2 is 1.50 bits per heavy atom. The normalized spacial score (nSPS) is 11.4. The van der Waals surface area contributed by atoms with Gasteiger partial charge in [0.2, 0.25) is 8.87 Å². The molecule has 134 valence electrons. The number of hydrogen-bond donors (Lipinski definition) is 1. The Kier molecular flexibility index (Phi) is 8.69. The highest BCUT2D eigenvalue weighted by Gasteiger charge is 2.32. The van der Waals surface area contributed by atoms with E-state index in [-0.39, 0.29) is 32.7 Å². The van der Waals surface area contributed by atoms with Crippen LogP contribution in [0.5, 0.6) is 0 Å². The van der Waals surface area contributed by atoms with Crippen molar-refractivity contribution in [1.29, 1.82) is 0 Å². The maximum absolute atomic E-state index is 12.8. The molecule has 0 fully saturated rings. The highest BCUT2D eigenvalue weighted by Crippen LogP contribution is 2.46. The molecule has 0 radical (unpaired) electrons. The number of carbonyl (C=O) groups is 1. The fourth-order valence-electron chi connectivity index (χ4n) is 1.69. The van der Waals surface area contributed by atoms with E-state index in [9.17, 15) is 18.3 Å². The first-order valence-electron chi connectivity index (χ1n) is 6.32. The first-order valence-corrected chi connectivity index (χ1v) is 12.7. The molecular weight excluding hydrogens is 638 g/mol. The number of carboxylic acids is 1. The molecule has 0 saturated heterocycles. The fourth-order valence-corrected chi connectivity index (χ4v) is 10.3. The average molecular weight is 649 g/mol. The van der Waals surface area contributed by atoms with Gasteiger partial charge in [-0.15, -0.1) is 0 Å². The molecule has 24 heavy (non-hydrogen) atoms. The lowest BCUT2D eigenvalue weighted by Gasteiger charge is -2.21. The van der Waals surface area contributed by atoms with Crippen LogP contribution in [0.25, 0.3) is 0 Å². The van der Waals surface area contributed by atoms with Crippen LogP contribution in [0, 0.1) is 0 Å². The number of rotatable bonds is 5. The summed E-state index contributed by atoms with van der Waals surface area (Å²) in [7, 11) is -3.33. The van der Waals surface area contributed by atoms with Crippen LogP contribution in [0.4, 0.5) is 0 Å². The zero-order chi connectivity index (χ0) is 18.8. The van der Waals surface area contributed by atoms with Gasteiger partial charge in [-0.05, 0) is 77.6 Å². The lowest BCUT2D eigenvalue weighted by atomic mass is 10.2.